The van der Waals surface area contributed by atoms with Gasteiger partial charge in [0, 0.05) is 11.6 Å². The highest BCUT2D eigenvalue weighted by Gasteiger charge is 2.12. The van der Waals surface area contributed by atoms with E-state index in [0.717, 1.165) is 0 Å². The molecule has 0 saturated heterocycles. The van der Waals surface area contributed by atoms with Crippen molar-refractivity contribution in [3.05, 3.63) is 34.9 Å². The highest BCUT2D eigenvalue weighted by molar-refractivity contribution is 6.30. The van der Waals surface area contributed by atoms with Crippen molar-refractivity contribution in [3.8, 4) is 0 Å². The number of ether oxygens (including phenoxy) is 1. The summed E-state index contributed by atoms with van der Waals surface area (Å²) in [5.74, 6) is -0.314. The van der Waals surface area contributed by atoms with Crippen LogP contribution in [0.15, 0.2) is 24.3 Å². The van der Waals surface area contributed by atoms with E-state index < -0.39 is 0 Å². The minimum absolute atomic E-state index is 0.127. The first-order chi connectivity index (χ1) is 7.49. The number of benzene rings is 1. The second kappa shape index (κ2) is 5.87. The number of carbonyl (C=O) groups excluding carboxylic acids is 1. The van der Waals surface area contributed by atoms with Crippen LogP contribution in [0.2, 0.25) is 5.02 Å². The van der Waals surface area contributed by atoms with Crippen molar-refractivity contribution in [2.24, 2.45) is 0 Å². The second-order valence-corrected chi connectivity index (χ2v) is 4.42. The molecular formula is C12H16ClNO2. The van der Waals surface area contributed by atoms with Crippen LogP contribution in [0.25, 0.3) is 0 Å². The van der Waals surface area contributed by atoms with Gasteiger partial charge < -0.3 is 9.64 Å². The normalized spacial score (nSPS) is 12.6. The fraction of sp³-hybridized carbons (Fsp3) is 0.417. The molecule has 0 spiro atoms. The zero-order valence-corrected chi connectivity index (χ0v) is 10.5. The Morgan fingerprint density at radius 3 is 2.44 bits per heavy atom. The molecule has 0 aliphatic heterocycles. The van der Waals surface area contributed by atoms with Crippen molar-refractivity contribution < 1.29 is 9.53 Å². The zero-order chi connectivity index (χ0) is 12.1. The Kier molecular flexibility index (Phi) is 4.77. The highest BCUT2D eigenvalue weighted by Crippen LogP contribution is 2.11. The predicted octanol–water partition coefficient (Wildman–Crippen LogP) is 2.45. The standard InChI is InChI=1S/C12H16ClNO2/c1-9(8-14(2)3)16-12(15)10-4-6-11(13)7-5-10/h4-7,9H,8H2,1-3H3/t9-/m0/s1. The molecule has 4 heteroatoms. The van der Waals surface area contributed by atoms with E-state index in [0.29, 0.717) is 17.1 Å². The van der Waals surface area contributed by atoms with Crippen molar-refractivity contribution >= 4 is 17.6 Å². The van der Waals surface area contributed by atoms with Crippen LogP contribution in [-0.4, -0.2) is 37.6 Å². The molecule has 0 aliphatic rings. The van der Waals surface area contributed by atoms with Gasteiger partial charge in [-0.25, -0.2) is 4.79 Å². The number of likely N-dealkylation sites (N-methyl/N-ethyl adjacent to an activating group) is 1. The highest BCUT2D eigenvalue weighted by atomic mass is 35.5. The smallest absolute Gasteiger partial charge is 0.338 e. The molecule has 0 heterocycles. The van der Waals surface area contributed by atoms with Gasteiger partial charge in [0.2, 0.25) is 0 Å². The number of halogens is 1. The maximum Gasteiger partial charge on any atom is 0.338 e. The first-order valence-electron chi connectivity index (χ1n) is 5.10. The number of hydrogen-bond donors (Lipinski definition) is 0. The summed E-state index contributed by atoms with van der Waals surface area (Å²) in [4.78, 5) is 13.6. The van der Waals surface area contributed by atoms with Crippen molar-refractivity contribution in [2.75, 3.05) is 20.6 Å². The first kappa shape index (κ1) is 13.0. The Labute approximate surface area is 101 Å². The maximum absolute atomic E-state index is 11.7. The Morgan fingerprint density at radius 1 is 1.38 bits per heavy atom. The van der Waals surface area contributed by atoms with E-state index in [9.17, 15) is 4.79 Å². The zero-order valence-electron chi connectivity index (χ0n) is 9.74. The molecule has 0 amide bonds. The molecule has 0 bridgehead atoms. The minimum atomic E-state index is -0.314. The van der Waals surface area contributed by atoms with Crippen molar-refractivity contribution in [1.82, 2.24) is 4.90 Å². The summed E-state index contributed by atoms with van der Waals surface area (Å²) in [6.45, 7) is 2.58. The van der Waals surface area contributed by atoms with Crippen molar-refractivity contribution in [3.63, 3.8) is 0 Å². The largest absolute Gasteiger partial charge is 0.458 e. The van der Waals surface area contributed by atoms with Crippen molar-refractivity contribution in [1.29, 1.82) is 0 Å². The van der Waals surface area contributed by atoms with Gasteiger partial charge >= 0.3 is 5.97 Å². The van der Waals surface area contributed by atoms with E-state index in [4.69, 9.17) is 16.3 Å². The lowest BCUT2D eigenvalue weighted by Gasteiger charge is -2.17. The molecule has 0 N–H and O–H groups in total. The van der Waals surface area contributed by atoms with E-state index in [1.165, 1.54) is 0 Å². The molecule has 0 radical (unpaired) electrons. The molecule has 1 aromatic rings. The van der Waals surface area contributed by atoms with E-state index in [-0.39, 0.29) is 12.1 Å². The van der Waals surface area contributed by atoms with Crippen LogP contribution < -0.4 is 0 Å². The third kappa shape index (κ3) is 4.21. The molecule has 0 aromatic heterocycles. The SMILES string of the molecule is C[C@@H](CN(C)C)OC(=O)c1ccc(Cl)cc1. The molecule has 3 nitrogen and oxygen atoms in total. The summed E-state index contributed by atoms with van der Waals surface area (Å²) in [6.07, 6.45) is -0.127. The van der Waals surface area contributed by atoms with Gasteiger partial charge in [0.05, 0.1) is 5.56 Å². The summed E-state index contributed by atoms with van der Waals surface area (Å²) in [5.41, 5.74) is 0.523. The molecule has 0 unspecified atom stereocenters. The van der Waals surface area contributed by atoms with E-state index in [1.807, 2.05) is 25.9 Å². The van der Waals surface area contributed by atoms with E-state index >= 15 is 0 Å². The molecule has 0 fully saturated rings. The first-order valence-corrected chi connectivity index (χ1v) is 5.48. The Hall–Kier alpha value is -1.06. The van der Waals surface area contributed by atoms with E-state index in [2.05, 4.69) is 0 Å². The Morgan fingerprint density at radius 2 is 1.94 bits per heavy atom. The fourth-order valence-electron chi connectivity index (χ4n) is 1.39. The Balaban J connectivity index is 2.55. The van der Waals surface area contributed by atoms with Crippen LogP contribution in [0.3, 0.4) is 0 Å². The summed E-state index contributed by atoms with van der Waals surface area (Å²) in [6, 6.07) is 6.67. The van der Waals surface area contributed by atoms with Crippen LogP contribution in [0.5, 0.6) is 0 Å². The van der Waals surface area contributed by atoms with Crippen LogP contribution in [0.1, 0.15) is 17.3 Å². The van der Waals surface area contributed by atoms with Crippen LogP contribution >= 0.6 is 11.6 Å². The topological polar surface area (TPSA) is 29.5 Å². The lowest BCUT2D eigenvalue weighted by Crippen LogP contribution is -2.28. The Bertz CT molecular complexity index is 349. The van der Waals surface area contributed by atoms with Gasteiger partial charge in [-0.3, -0.25) is 0 Å². The third-order valence-electron chi connectivity index (χ3n) is 2.01. The molecule has 88 valence electrons. The van der Waals surface area contributed by atoms with Crippen LogP contribution in [0.4, 0.5) is 0 Å². The molecule has 0 saturated carbocycles. The fourth-order valence-corrected chi connectivity index (χ4v) is 1.51. The van der Waals surface area contributed by atoms with Crippen LogP contribution in [0, 0.1) is 0 Å². The van der Waals surface area contributed by atoms with Gasteiger partial charge in [-0.05, 0) is 45.3 Å². The maximum atomic E-state index is 11.7. The lowest BCUT2D eigenvalue weighted by molar-refractivity contribution is 0.0289. The van der Waals surface area contributed by atoms with E-state index in [1.54, 1.807) is 24.3 Å². The molecule has 1 atom stereocenters. The van der Waals surface area contributed by atoms with Gasteiger partial charge in [-0.1, -0.05) is 11.6 Å². The number of esters is 1. The molecule has 16 heavy (non-hydrogen) atoms. The van der Waals surface area contributed by atoms with Gasteiger partial charge in [0.15, 0.2) is 0 Å². The second-order valence-electron chi connectivity index (χ2n) is 3.99. The monoisotopic (exact) mass is 241 g/mol. The number of carbonyl (C=O) groups is 1. The molecule has 0 aliphatic carbocycles. The number of nitrogens with zero attached hydrogens (tertiary/aromatic N) is 1. The molecular weight excluding hydrogens is 226 g/mol. The molecule has 1 rings (SSSR count). The van der Waals surface area contributed by atoms with Gasteiger partial charge in [-0.15, -0.1) is 0 Å². The summed E-state index contributed by atoms with van der Waals surface area (Å²) in [5, 5.41) is 0.609. The summed E-state index contributed by atoms with van der Waals surface area (Å²) in [7, 11) is 3.87. The molecule has 1 aromatic carbocycles. The van der Waals surface area contributed by atoms with Gasteiger partial charge in [-0.2, -0.15) is 0 Å². The van der Waals surface area contributed by atoms with Gasteiger partial charge in [0.1, 0.15) is 6.10 Å². The summed E-state index contributed by atoms with van der Waals surface area (Å²) >= 11 is 5.73. The van der Waals surface area contributed by atoms with Crippen LogP contribution in [-0.2, 0) is 4.74 Å². The third-order valence-corrected chi connectivity index (χ3v) is 2.26. The number of hydrogen-bond acceptors (Lipinski definition) is 3. The summed E-state index contributed by atoms with van der Waals surface area (Å²) < 4.78 is 5.26. The predicted molar refractivity (Wildman–Crippen MR) is 64.9 cm³/mol. The van der Waals surface area contributed by atoms with Crippen molar-refractivity contribution in [2.45, 2.75) is 13.0 Å². The quantitative estimate of drug-likeness (QED) is 0.759. The lowest BCUT2D eigenvalue weighted by atomic mass is 10.2. The average molecular weight is 242 g/mol. The average Bonchev–Trinajstić information content (AvgIpc) is 2.16. The number of rotatable bonds is 4. The van der Waals surface area contributed by atoms with Gasteiger partial charge in [0.25, 0.3) is 0 Å². The minimum Gasteiger partial charge on any atom is -0.458 e.